The van der Waals surface area contributed by atoms with E-state index in [1.54, 1.807) is 32.2 Å². The number of H-pyrrole nitrogens is 1. The van der Waals surface area contributed by atoms with E-state index in [1.165, 1.54) is 11.8 Å². The predicted octanol–water partition coefficient (Wildman–Crippen LogP) is 4.91. The molecule has 3 aromatic rings. The van der Waals surface area contributed by atoms with E-state index in [4.69, 9.17) is 27.9 Å². The molecular weight excluding hydrogens is 407 g/mol. The number of benzene rings is 2. The molecule has 1 unspecified atom stereocenters. The van der Waals surface area contributed by atoms with Crippen molar-refractivity contribution in [3.63, 3.8) is 0 Å². The molecule has 0 saturated heterocycles. The molecule has 0 fully saturated rings. The van der Waals surface area contributed by atoms with Crippen LogP contribution in [-0.4, -0.2) is 33.4 Å². The van der Waals surface area contributed by atoms with Crippen molar-refractivity contribution >= 4 is 46.6 Å². The van der Waals surface area contributed by atoms with Gasteiger partial charge in [0.25, 0.3) is 0 Å². The number of aromatic amines is 1. The van der Waals surface area contributed by atoms with Gasteiger partial charge in [0.15, 0.2) is 5.82 Å². The molecule has 2 aromatic carbocycles. The Balaban J connectivity index is 1.64. The highest BCUT2D eigenvalue weighted by Crippen LogP contribution is 2.26. The van der Waals surface area contributed by atoms with Crippen LogP contribution in [0.2, 0.25) is 10.0 Å². The molecule has 0 bridgehead atoms. The maximum atomic E-state index is 12.4. The standard InChI is InChI=1S/C18H16Cl2N4O2S/c1-10(17(25)21-14-8-12(19)7-13(20)9-14)27-18-22-16(23-24-18)11-3-5-15(26-2)6-4-11/h3-10H,1-2H3,(H,21,25)(H,22,23,24). The number of halogens is 2. The van der Waals surface area contributed by atoms with Crippen molar-refractivity contribution in [1.82, 2.24) is 15.2 Å². The first-order chi connectivity index (χ1) is 12.9. The van der Waals surface area contributed by atoms with Gasteiger partial charge in [-0.2, -0.15) is 0 Å². The van der Waals surface area contributed by atoms with Gasteiger partial charge in [-0.15, -0.1) is 5.10 Å². The lowest BCUT2D eigenvalue weighted by molar-refractivity contribution is -0.115. The molecule has 0 aliphatic rings. The summed E-state index contributed by atoms with van der Waals surface area (Å²) in [6.07, 6.45) is 0. The van der Waals surface area contributed by atoms with Gasteiger partial charge >= 0.3 is 0 Å². The van der Waals surface area contributed by atoms with Gasteiger partial charge in [-0.1, -0.05) is 35.0 Å². The second-order valence-corrected chi connectivity index (χ2v) is 7.78. The summed E-state index contributed by atoms with van der Waals surface area (Å²) in [5.41, 5.74) is 1.42. The molecule has 27 heavy (non-hydrogen) atoms. The fourth-order valence-electron chi connectivity index (χ4n) is 2.26. The number of aromatic nitrogens is 3. The van der Waals surface area contributed by atoms with Crippen molar-refractivity contribution in [3.05, 3.63) is 52.5 Å². The van der Waals surface area contributed by atoms with Gasteiger partial charge in [-0.25, -0.2) is 4.98 Å². The van der Waals surface area contributed by atoms with E-state index >= 15 is 0 Å². The lowest BCUT2D eigenvalue weighted by Gasteiger charge is -2.10. The van der Waals surface area contributed by atoms with Crippen molar-refractivity contribution in [2.24, 2.45) is 0 Å². The number of anilines is 1. The van der Waals surface area contributed by atoms with Crippen LogP contribution in [0, 0.1) is 0 Å². The van der Waals surface area contributed by atoms with E-state index in [0.717, 1.165) is 11.3 Å². The number of nitrogens with one attached hydrogen (secondary N) is 2. The molecule has 2 N–H and O–H groups in total. The third-order valence-corrected chi connectivity index (χ3v) is 5.01. The zero-order chi connectivity index (χ0) is 19.4. The third kappa shape index (κ3) is 5.15. The highest BCUT2D eigenvalue weighted by Gasteiger charge is 2.18. The number of rotatable bonds is 6. The molecule has 0 aliphatic carbocycles. The maximum Gasteiger partial charge on any atom is 0.237 e. The number of carbonyl (C=O) groups is 1. The summed E-state index contributed by atoms with van der Waals surface area (Å²) in [7, 11) is 1.61. The van der Waals surface area contributed by atoms with Crippen molar-refractivity contribution in [1.29, 1.82) is 0 Å². The molecule has 140 valence electrons. The van der Waals surface area contributed by atoms with Crippen LogP contribution in [0.4, 0.5) is 5.69 Å². The fourth-order valence-corrected chi connectivity index (χ4v) is 3.51. The summed E-state index contributed by atoms with van der Waals surface area (Å²) in [5, 5.41) is 10.8. The summed E-state index contributed by atoms with van der Waals surface area (Å²) in [6, 6.07) is 12.3. The summed E-state index contributed by atoms with van der Waals surface area (Å²) in [6.45, 7) is 1.77. The minimum Gasteiger partial charge on any atom is -0.497 e. The normalized spacial score (nSPS) is 11.9. The van der Waals surface area contributed by atoms with Crippen LogP contribution in [-0.2, 0) is 4.79 Å². The van der Waals surface area contributed by atoms with Crippen LogP contribution in [0.5, 0.6) is 5.75 Å². The second kappa shape index (κ2) is 8.65. The van der Waals surface area contributed by atoms with Crippen LogP contribution in [0.25, 0.3) is 11.4 Å². The lowest BCUT2D eigenvalue weighted by atomic mass is 10.2. The number of carbonyl (C=O) groups excluding carboxylic acids is 1. The lowest BCUT2D eigenvalue weighted by Crippen LogP contribution is -2.22. The SMILES string of the molecule is COc1ccc(-c2nc(SC(C)C(=O)Nc3cc(Cl)cc(Cl)c3)n[nH]2)cc1. The smallest absolute Gasteiger partial charge is 0.237 e. The molecule has 1 amide bonds. The highest BCUT2D eigenvalue weighted by atomic mass is 35.5. The zero-order valence-electron chi connectivity index (χ0n) is 14.5. The van der Waals surface area contributed by atoms with Gasteiger partial charge in [-0.3, -0.25) is 9.89 Å². The van der Waals surface area contributed by atoms with Crippen LogP contribution >= 0.6 is 35.0 Å². The largest absolute Gasteiger partial charge is 0.497 e. The van der Waals surface area contributed by atoms with Crippen LogP contribution in [0.1, 0.15) is 6.92 Å². The van der Waals surface area contributed by atoms with Crippen molar-refractivity contribution in [2.75, 3.05) is 12.4 Å². The van der Waals surface area contributed by atoms with Crippen LogP contribution < -0.4 is 10.1 Å². The van der Waals surface area contributed by atoms with Crippen molar-refractivity contribution in [2.45, 2.75) is 17.3 Å². The van der Waals surface area contributed by atoms with E-state index in [0.29, 0.717) is 26.7 Å². The maximum absolute atomic E-state index is 12.4. The van der Waals surface area contributed by atoms with Gasteiger partial charge in [0.1, 0.15) is 5.75 Å². The van der Waals surface area contributed by atoms with E-state index in [9.17, 15) is 4.79 Å². The van der Waals surface area contributed by atoms with Gasteiger partial charge in [0.05, 0.1) is 12.4 Å². The predicted molar refractivity (Wildman–Crippen MR) is 109 cm³/mol. The minimum absolute atomic E-state index is 0.200. The number of thioether (sulfide) groups is 1. The Bertz CT molecular complexity index is 927. The summed E-state index contributed by atoms with van der Waals surface area (Å²) in [4.78, 5) is 16.8. The molecule has 0 spiro atoms. The molecule has 9 heteroatoms. The number of methoxy groups -OCH3 is 1. The number of hydrogen-bond acceptors (Lipinski definition) is 5. The van der Waals surface area contributed by atoms with Crippen LogP contribution in [0.15, 0.2) is 47.6 Å². The minimum atomic E-state index is -0.415. The molecular formula is C18H16Cl2N4O2S. The van der Waals surface area contributed by atoms with Gasteiger partial charge in [-0.05, 0) is 49.4 Å². The first-order valence-electron chi connectivity index (χ1n) is 7.95. The molecule has 0 radical (unpaired) electrons. The first-order valence-corrected chi connectivity index (χ1v) is 9.58. The van der Waals surface area contributed by atoms with Crippen molar-refractivity contribution < 1.29 is 9.53 Å². The molecule has 3 rings (SSSR count). The number of nitrogens with zero attached hydrogens (tertiary/aromatic N) is 2. The fraction of sp³-hybridized carbons (Fsp3) is 0.167. The van der Waals surface area contributed by atoms with E-state index < -0.39 is 5.25 Å². The summed E-state index contributed by atoms with van der Waals surface area (Å²) >= 11 is 13.1. The van der Waals surface area contributed by atoms with Crippen LogP contribution in [0.3, 0.4) is 0 Å². The van der Waals surface area contributed by atoms with Gasteiger partial charge in [0.2, 0.25) is 11.1 Å². The molecule has 0 saturated carbocycles. The Morgan fingerprint density at radius 1 is 1.19 bits per heavy atom. The molecule has 1 atom stereocenters. The molecule has 6 nitrogen and oxygen atoms in total. The molecule has 0 aliphatic heterocycles. The monoisotopic (exact) mass is 422 g/mol. The van der Waals surface area contributed by atoms with E-state index in [1.807, 2.05) is 24.3 Å². The number of hydrogen-bond donors (Lipinski definition) is 2. The van der Waals surface area contributed by atoms with Crippen molar-refractivity contribution in [3.8, 4) is 17.1 Å². The summed E-state index contributed by atoms with van der Waals surface area (Å²) < 4.78 is 5.14. The Kier molecular flexibility index (Phi) is 6.26. The second-order valence-electron chi connectivity index (χ2n) is 5.60. The quantitative estimate of drug-likeness (QED) is 0.551. The number of amides is 1. The zero-order valence-corrected chi connectivity index (χ0v) is 16.8. The Morgan fingerprint density at radius 2 is 1.85 bits per heavy atom. The Hall–Kier alpha value is -2.22. The number of ether oxygens (including phenoxy) is 1. The third-order valence-electron chi connectivity index (χ3n) is 3.61. The van der Waals surface area contributed by atoms with E-state index in [-0.39, 0.29) is 5.91 Å². The topological polar surface area (TPSA) is 79.9 Å². The molecule has 1 heterocycles. The Morgan fingerprint density at radius 3 is 2.48 bits per heavy atom. The Labute approximate surface area is 170 Å². The van der Waals surface area contributed by atoms with Gasteiger partial charge < -0.3 is 10.1 Å². The molecule has 1 aromatic heterocycles. The highest BCUT2D eigenvalue weighted by molar-refractivity contribution is 8.00. The van der Waals surface area contributed by atoms with E-state index in [2.05, 4.69) is 20.5 Å². The first kappa shape index (κ1) is 19.5. The average Bonchev–Trinajstić information content (AvgIpc) is 3.09. The summed E-state index contributed by atoms with van der Waals surface area (Å²) in [5.74, 6) is 1.18. The van der Waals surface area contributed by atoms with Gasteiger partial charge in [0, 0.05) is 21.3 Å². The average molecular weight is 423 g/mol.